The molecule has 0 fully saturated rings. The van der Waals surface area contributed by atoms with Gasteiger partial charge in [-0.2, -0.15) is 0 Å². The van der Waals surface area contributed by atoms with E-state index in [9.17, 15) is 4.39 Å². The van der Waals surface area contributed by atoms with E-state index in [2.05, 4.69) is 5.32 Å². The number of fused-ring (bicyclic) bond motifs is 1. The zero-order valence-corrected chi connectivity index (χ0v) is 12.2. The van der Waals surface area contributed by atoms with Gasteiger partial charge in [-0.05, 0) is 42.8 Å². The Morgan fingerprint density at radius 1 is 1.14 bits per heavy atom. The second kappa shape index (κ2) is 5.70. The first-order valence-electron chi connectivity index (χ1n) is 7.16. The third-order valence-electron chi connectivity index (χ3n) is 3.78. The molecule has 21 heavy (non-hydrogen) atoms. The number of hydrogen-bond acceptors (Lipinski definition) is 2. The molecule has 0 aliphatic carbocycles. The van der Waals surface area contributed by atoms with Gasteiger partial charge < -0.3 is 9.73 Å². The number of halogens is 1. The van der Waals surface area contributed by atoms with Crippen LogP contribution < -0.4 is 5.32 Å². The van der Waals surface area contributed by atoms with Gasteiger partial charge in [0.2, 0.25) is 0 Å². The van der Waals surface area contributed by atoms with Crippen LogP contribution in [0.3, 0.4) is 0 Å². The van der Waals surface area contributed by atoms with E-state index >= 15 is 0 Å². The Balaban J connectivity index is 2.15. The van der Waals surface area contributed by atoms with Crippen LogP contribution >= 0.6 is 0 Å². The van der Waals surface area contributed by atoms with Gasteiger partial charge in [0.15, 0.2) is 0 Å². The molecular formula is C18H18FNO. The first-order valence-corrected chi connectivity index (χ1v) is 7.16. The maximum Gasteiger partial charge on any atom is 0.134 e. The van der Waals surface area contributed by atoms with Crippen LogP contribution in [0.15, 0.2) is 53.1 Å². The Morgan fingerprint density at radius 3 is 2.76 bits per heavy atom. The Labute approximate surface area is 123 Å². The maximum absolute atomic E-state index is 13.7. The largest absolute Gasteiger partial charge is 0.464 e. The molecule has 0 radical (unpaired) electrons. The van der Waals surface area contributed by atoms with Gasteiger partial charge in [-0.15, -0.1) is 0 Å². The number of benzene rings is 2. The fourth-order valence-corrected chi connectivity index (χ4v) is 2.74. The SMILES string of the molecule is CCNC(c1cc(F)ccc1C)c1coc2ccccc12. The third kappa shape index (κ3) is 2.57. The quantitative estimate of drug-likeness (QED) is 0.758. The van der Waals surface area contributed by atoms with Gasteiger partial charge in [0.05, 0.1) is 12.3 Å². The Hall–Kier alpha value is -2.13. The third-order valence-corrected chi connectivity index (χ3v) is 3.78. The summed E-state index contributed by atoms with van der Waals surface area (Å²) in [5.74, 6) is -0.216. The summed E-state index contributed by atoms with van der Waals surface area (Å²) >= 11 is 0. The van der Waals surface area contributed by atoms with Crippen LogP contribution in [0.2, 0.25) is 0 Å². The predicted molar refractivity (Wildman–Crippen MR) is 82.9 cm³/mol. The van der Waals surface area contributed by atoms with E-state index in [0.29, 0.717) is 0 Å². The van der Waals surface area contributed by atoms with Crippen molar-refractivity contribution < 1.29 is 8.81 Å². The molecule has 3 rings (SSSR count). The molecule has 0 bridgehead atoms. The van der Waals surface area contributed by atoms with Gasteiger partial charge in [0.25, 0.3) is 0 Å². The Bertz CT molecular complexity index is 763. The van der Waals surface area contributed by atoms with Crippen molar-refractivity contribution >= 4 is 11.0 Å². The molecule has 2 nitrogen and oxygen atoms in total. The van der Waals surface area contributed by atoms with E-state index in [1.54, 1.807) is 12.3 Å². The highest BCUT2D eigenvalue weighted by atomic mass is 19.1. The summed E-state index contributed by atoms with van der Waals surface area (Å²) in [6.45, 7) is 4.84. The van der Waals surface area contributed by atoms with Crippen LogP contribution in [-0.2, 0) is 0 Å². The smallest absolute Gasteiger partial charge is 0.134 e. The summed E-state index contributed by atoms with van der Waals surface area (Å²) in [4.78, 5) is 0. The number of furan rings is 1. The maximum atomic E-state index is 13.7. The van der Waals surface area contributed by atoms with Gasteiger partial charge in [0, 0.05) is 10.9 Å². The first kappa shape index (κ1) is 13.8. The molecule has 0 amide bonds. The summed E-state index contributed by atoms with van der Waals surface area (Å²) in [6.07, 6.45) is 1.77. The average Bonchev–Trinajstić information content (AvgIpc) is 2.91. The molecular weight excluding hydrogens is 265 g/mol. The highest BCUT2D eigenvalue weighted by Crippen LogP contribution is 2.32. The van der Waals surface area contributed by atoms with Gasteiger partial charge in [-0.1, -0.05) is 31.2 Å². The zero-order chi connectivity index (χ0) is 14.8. The number of para-hydroxylation sites is 1. The van der Waals surface area contributed by atoms with Gasteiger partial charge in [-0.25, -0.2) is 4.39 Å². The summed E-state index contributed by atoms with van der Waals surface area (Å²) in [5, 5.41) is 4.50. The van der Waals surface area contributed by atoms with Gasteiger partial charge >= 0.3 is 0 Å². The molecule has 0 spiro atoms. The monoisotopic (exact) mass is 283 g/mol. The average molecular weight is 283 g/mol. The van der Waals surface area contributed by atoms with Crippen LogP contribution in [0.1, 0.15) is 29.7 Å². The van der Waals surface area contributed by atoms with E-state index < -0.39 is 0 Å². The zero-order valence-electron chi connectivity index (χ0n) is 12.2. The molecule has 0 aliphatic heterocycles. The molecule has 1 atom stereocenters. The van der Waals surface area contributed by atoms with Crippen LogP contribution in [-0.4, -0.2) is 6.54 Å². The van der Waals surface area contributed by atoms with Gasteiger partial charge in [-0.3, -0.25) is 0 Å². The Kier molecular flexibility index (Phi) is 3.76. The molecule has 0 saturated heterocycles. The Morgan fingerprint density at radius 2 is 1.95 bits per heavy atom. The van der Waals surface area contributed by atoms with E-state index in [-0.39, 0.29) is 11.9 Å². The van der Waals surface area contributed by atoms with Crippen molar-refractivity contribution in [2.75, 3.05) is 6.54 Å². The minimum absolute atomic E-state index is 0.0747. The van der Waals surface area contributed by atoms with Crippen LogP contribution in [0.4, 0.5) is 4.39 Å². The standard InChI is InChI=1S/C18H18FNO/c1-3-20-18(15-10-13(19)9-8-12(15)2)16-11-21-17-7-5-4-6-14(16)17/h4-11,18,20H,3H2,1-2H3. The second-order valence-corrected chi connectivity index (χ2v) is 5.18. The fourth-order valence-electron chi connectivity index (χ4n) is 2.74. The summed E-state index contributed by atoms with van der Waals surface area (Å²) in [5.41, 5.74) is 3.90. The first-order chi connectivity index (χ1) is 10.2. The van der Waals surface area contributed by atoms with Crippen molar-refractivity contribution in [2.45, 2.75) is 19.9 Å². The summed E-state index contributed by atoms with van der Waals surface area (Å²) < 4.78 is 19.3. The fraction of sp³-hybridized carbons (Fsp3) is 0.222. The van der Waals surface area contributed by atoms with Crippen LogP contribution in [0.25, 0.3) is 11.0 Å². The second-order valence-electron chi connectivity index (χ2n) is 5.18. The normalized spacial score (nSPS) is 12.7. The molecule has 2 aromatic carbocycles. The van der Waals surface area contributed by atoms with Gasteiger partial charge in [0.1, 0.15) is 11.4 Å². The van der Waals surface area contributed by atoms with Crippen LogP contribution in [0, 0.1) is 12.7 Å². The highest BCUT2D eigenvalue weighted by Gasteiger charge is 2.20. The minimum atomic E-state index is -0.216. The lowest BCUT2D eigenvalue weighted by Crippen LogP contribution is -2.22. The molecule has 0 aliphatic rings. The molecule has 1 unspecified atom stereocenters. The lowest BCUT2D eigenvalue weighted by molar-refractivity contribution is 0.577. The number of aryl methyl sites for hydroxylation is 1. The van der Waals surface area contributed by atoms with E-state index in [1.807, 2.05) is 44.2 Å². The lowest BCUT2D eigenvalue weighted by atomic mass is 9.94. The molecule has 1 aromatic heterocycles. The summed E-state index contributed by atoms with van der Waals surface area (Å²) in [6, 6.07) is 12.8. The molecule has 3 heteroatoms. The number of hydrogen-bond donors (Lipinski definition) is 1. The molecule has 1 N–H and O–H groups in total. The molecule has 108 valence electrons. The molecule has 0 saturated carbocycles. The van der Waals surface area contributed by atoms with E-state index in [1.165, 1.54) is 6.07 Å². The topological polar surface area (TPSA) is 25.2 Å². The van der Waals surface area contributed by atoms with Crippen molar-refractivity contribution in [3.8, 4) is 0 Å². The predicted octanol–water partition coefficient (Wildman–Crippen LogP) is 4.58. The summed E-state index contributed by atoms with van der Waals surface area (Å²) in [7, 11) is 0. The molecule has 3 aromatic rings. The highest BCUT2D eigenvalue weighted by molar-refractivity contribution is 5.82. The number of nitrogens with one attached hydrogen (secondary N) is 1. The van der Waals surface area contributed by atoms with Crippen molar-refractivity contribution in [1.29, 1.82) is 0 Å². The van der Waals surface area contributed by atoms with Crippen molar-refractivity contribution in [3.63, 3.8) is 0 Å². The van der Waals surface area contributed by atoms with Crippen molar-refractivity contribution in [3.05, 3.63) is 71.2 Å². The van der Waals surface area contributed by atoms with Crippen molar-refractivity contribution in [2.24, 2.45) is 0 Å². The number of rotatable bonds is 4. The van der Waals surface area contributed by atoms with E-state index in [4.69, 9.17) is 4.42 Å². The van der Waals surface area contributed by atoms with E-state index in [0.717, 1.165) is 34.2 Å². The van der Waals surface area contributed by atoms with Crippen molar-refractivity contribution in [1.82, 2.24) is 5.32 Å². The minimum Gasteiger partial charge on any atom is -0.464 e. The lowest BCUT2D eigenvalue weighted by Gasteiger charge is -2.20. The molecule has 1 heterocycles. The van der Waals surface area contributed by atoms with Crippen LogP contribution in [0.5, 0.6) is 0 Å².